The minimum atomic E-state index is 0.0219. The molecule has 88 valence electrons. The van der Waals surface area contributed by atoms with Gasteiger partial charge in [-0.25, -0.2) is 0 Å². The van der Waals surface area contributed by atoms with Crippen molar-refractivity contribution in [3.8, 4) is 0 Å². The monoisotopic (exact) mass is 229 g/mol. The Bertz CT molecular complexity index is 535. The van der Waals surface area contributed by atoms with Gasteiger partial charge in [-0.2, -0.15) is 0 Å². The second-order valence-electron chi connectivity index (χ2n) is 4.54. The summed E-state index contributed by atoms with van der Waals surface area (Å²) in [5.41, 5.74) is 7.41. The second kappa shape index (κ2) is 3.34. The van der Waals surface area contributed by atoms with Gasteiger partial charge in [0.1, 0.15) is 6.04 Å². The summed E-state index contributed by atoms with van der Waals surface area (Å²) in [6.45, 7) is 3.58. The highest BCUT2D eigenvalue weighted by molar-refractivity contribution is 5.96. The number of hydrazine groups is 2. The first-order valence-electron chi connectivity index (χ1n) is 5.71. The van der Waals surface area contributed by atoms with Gasteiger partial charge in [0.15, 0.2) is 5.78 Å². The van der Waals surface area contributed by atoms with Gasteiger partial charge in [-0.1, -0.05) is 18.2 Å². The molecule has 1 atom stereocenters. The summed E-state index contributed by atoms with van der Waals surface area (Å²) in [4.78, 5) is 11.8. The Hall–Kier alpha value is -1.81. The summed E-state index contributed by atoms with van der Waals surface area (Å²) in [6.07, 6.45) is 0. The lowest BCUT2D eigenvalue weighted by atomic mass is 9.96. The Morgan fingerprint density at radius 3 is 2.76 bits per heavy atom. The van der Waals surface area contributed by atoms with Crippen molar-refractivity contribution in [3.63, 3.8) is 0 Å². The lowest BCUT2D eigenvalue weighted by molar-refractivity contribution is -0.114. The molecule has 2 aliphatic rings. The van der Waals surface area contributed by atoms with Crippen LogP contribution in [0.3, 0.4) is 0 Å². The van der Waals surface area contributed by atoms with Gasteiger partial charge < -0.3 is 5.43 Å². The van der Waals surface area contributed by atoms with Crippen molar-refractivity contribution < 1.29 is 4.79 Å². The number of carbonyl (C=O) groups excluding carboxylic acids is 1. The Morgan fingerprint density at radius 1 is 1.35 bits per heavy atom. The number of rotatable bonds is 1. The maximum atomic E-state index is 11.8. The molecule has 1 unspecified atom stereocenters. The van der Waals surface area contributed by atoms with E-state index in [-0.39, 0.29) is 11.8 Å². The van der Waals surface area contributed by atoms with Gasteiger partial charge in [0.25, 0.3) is 0 Å². The van der Waals surface area contributed by atoms with Crippen LogP contribution in [-0.4, -0.2) is 17.9 Å². The fraction of sp³-hybridized carbons (Fsp3) is 0.308. The molecule has 0 fully saturated rings. The SMILES string of the molecule is CC(=O)C1=C(C)NN2C1c1ccccc1N2C. The van der Waals surface area contributed by atoms with Crippen molar-refractivity contribution in [2.75, 3.05) is 12.1 Å². The lowest BCUT2D eigenvalue weighted by Crippen LogP contribution is -2.42. The molecule has 0 aliphatic carbocycles. The zero-order valence-corrected chi connectivity index (χ0v) is 10.2. The summed E-state index contributed by atoms with van der Waals surface area (Å²) in [6, 6.07) is 8.21. The number of hydrogen-bond donors (Lipinski definition) is 1. The molecule has 17 heavy (non-hydrogen) atoms. The number of ketones is 1. The molecular weight excluding hydrogens is 214 g/mol. The van der Waals surface area contributed by atoms with Crippen LogP contribution in [0.15, 0.2) is 35.5 Å². The number of carbonyl (C=O) groups is 1. The fourth-order valence-corrected chi connectivity index (χ4v) is 2.75. The van der Waals surface area contributed by atoms with E-state index in [2.05, 4.69) is 22.6 Å². The number of benzene rings is 1. The van der Waals surface area contributed by atoms with Crippen LogP contribution in [0.4, 0.5) is 5.69 Å². The van der Waals surface area contributed by atoms with Gasteiger partial charge in [-0.05, 0) is 19.9 Å². The van der Waals surface area contributed by atoms with Crippen LogP contribution in [0, 0.1) is 0 Å². The summed E-state index contributed by atoms with van der Waals surface area (Å²) in [5.74, 6) is 0.132. The molecular formula is C13H15N3O. The van der Waals surface area contributed by atoms with Gasteiger partial charge in [0.05, 0.1) is 5.69 Å². The quantitative estimate of drug-likeness (QED) is 0.796. The number of anilines is 1. The number of hydrogen-bond acceptors (Lipinski definition) is 4. The highest BCUT2D eigenvalue weighted by Gasteiger charge is 2.43. The van der Waals surface area contributed by atoms with Crippen LogP contribution in [0.5, 0.6) is 0 Å². The molecule has 0 radical (unpaired) electrons. The molecule has 3 rings (SSSR count). The summed E-state index contributed by atoms with van der Waals surface area (Å²) in [5, 5.41) is 4.07. The number of allylic oxidation sites excluding steroid dienone is 1. The highest BCUT2D eigenvalue weighted by Crippen LogP contribution is 2.45. The number of fused-ring (bicyclic) bond motifs is 3. The Morgan fingerprint density at radius 2 is 2.06 bits per heavy atom. The number of para-hydroxylation sites is 1. The van der Waals surface area contributed by atoms with Crippen LogP contribution >= 0.6 is 0 Å². The lowest BCUT2D eigenvalue weighted by Gasteiger charge is -2.26. The van der Waals surface area contributed by atoms with Crippen LogP contribution in [0.25, 0.3) is 0 Å². The van der Waals surface area contributed by atoms with Crippen molar-refractivity contribution in [3.05, 3.63) is 41.1 Å². The first-order chi connectivity index (χ1) is 8.11. The van der Waals surface area contributed by atoms with Crippen molar-refractivity contribution in [2.45, 2.75) is 19.9 Å². The molecule has 4 heteroatoms. The van der Waals surface area contributed by atoms with Gasteiger partial charge in [-0.3, -0.25) is 9.80 Å². The molecule has 1 aromatic rings. The third-order valence-corrected chi connectivity index (χ3v) is 3.49. The third-order valence-electron chi connectivity index (χ3n) is 3.49. The van der Waals surface area contributed by atoms with Gasteiger partial charge >= 0.3 is 0 Å². The van der Waals surface area contributed by atoms with E-state index < -0.39 is 0 Å². The van der Waals surface area contributed by atoms with Crippen molar-refractivity contribution in [1.82, 2.24) is 10.5 Å². The van der Waals surface area contributed by atoms with E-state index in [9.17, 15) is 4.79 Å². The molecule has 0 saturated carbocycles. The predicted molar refractivity (Wildman–Crippen MR) is 65.9 cm³/mol. The van der Waals surface area contributed by atoms with Crippen LogP contribution < -0.4 is 10.4 Å². The minimum Gasteiger partial charge on any atom is -0.304 e. The van der Waals surface area contributed by atoms with Gasteiger partial charge in [0.2, 0.25) is 0 Å². The Balaban J connectivity index is 2.17. The van der Waals surface area contributed by atoms with E-state index in [1.165, 1.54) is 5.56 Å². The zero-order chi connectivity index (χ0) is 12.2. The van der Waals surface area contributed by atoms with E-state index >= 15 is 0 Å². The Labute approximate surface area is 100 Å². The van der Waals surface area contributed by atoms with E-state index in [4.69, 9.17) is 0 Å². The second-order valence-corrected chi connectivity index (χ2v) is 4.54. The van der Waals surface area contributed by atoms with Crippen molar-refractivity contribution in [2.24, 2.45) is 0 Å². The van der Waals surface area contributed by atoms with Crippen LogP contribution in [0.1, 0.15) is 25.5 Å². The standard InChI is InChI=1S/C13H15N3O/c1-8-12(9(2)17)13-10-6-4-5-7-11(10)15(3)16(13)14-8/h4-7,13-14H,1-3H3. The minimum absolute atomic E-state index is 0.0219. The summed E-state index contributed by atoms with van der Waals surface area (Å²) >= 11 is 0. The molecule has 0 bridgehead atoms. The van der Waals surface area contributed by atoms with Crippen LogP contribution in [0.2, 0.25) is 0 Å². The summed E-state index contributed by atoms with van der Waals surface area (Å²) < 4.78 is 0. The highest BCUT2D eigenvalue weighted by atomic mass is 16.1. The largest absolute Gasteiger partial charge is 0.304 e. The third kappa shape index (κ3) is 1.24. The predicted octanol–water partition coefficient (Wildman–Crippen LogP) is 1.78. The molecule has 0 aromatic heterocycles. The fourth-order valence-electron chi connectivity index (χ4n) is 2.75. The number of nitrogens with zero attached hydrogens (tertiary/aromatic N) is 2. The maximum absolute atomic E-state index is 11.8. The average Bonchev–Trinajstić information content (AvgIpc) is 2.76. The van der Waals surface area contributed by atoms with E-state index in [0.29, 0.717) is 0 Å². The van der Waals surface area contributed by atoms with Crippen molar-refractivity contribution in [1.29, 1.82) is 0 Å². The molecule has 1 aromatic carbocycles. The molecule has 2 aliphatic heterocycles. The normalized spacial score (nSPS) is 22.5. The van der Waals surface area contributed by atoms with E-state index in [1.54, 1.807) is 6.92 Å². The molecule has 4 nitrogen and oxygen atoms in total. The maximum Gasteiger partial charge on any atom is 0.159 e. The molecule has 1 N–H and O–H groups in total. The first-order valence-corrected chi connectivity index (χ1v) is 5.71. The molecule has 0 saturated heterocycles. The smallest absolute Gasteiger partial charge is 0.159 e. The molecule has 2 heterocycles. The first kappa shape index (κ1) is 10.4. The summed E-state index contributed by atoms with van der Waals surface area (Å²) in [7, 11) is 2.00. The van der Waals surface area contributed by atoms with E-state index in [1.807, 2.05) is 31.2 Å². The van der Waals surface area contributed by atoms with Gasteiger partial charge in [-0.15, -0.1) is 5.12 Å². The molecule has 0 amide bonds. The number of Topliss-reactive ketones (excluding diaryl/α,β-unsaturated/α-hetero) is 1. The van der Waals surface area contributed by atoms with Crippen molar-refractivity contribution >= 4 is 11.5 Å². The Kier molecular flexibility index (Phi) is 2.03. The zero-order valence-electron chi connectivity index (χ0n) is 10.2. The average molecular weight is 229 g/mol. The topological polar surface area (TPSA) is 35.6 Å². The van der Waals surface area contributed by atoms with E-state index in [0.717, 1.165) is 17.0 Å². The number of nitrogens with one attached hydrogen (secondary N) is 1. The molecule has 0 spiro atoms. The van der Waals surface area contributed by atoms with Gasteiger partial charge in [0, 0.05) is 23.9 Å². The van der Waals surface area contributed by atoms with Crippen LogP contribution in [-0.2, 0) is 4.79 Å².